The maximum Gasteiger partial charge on any atom is 0.289 e. The summed E-state index contributed by atoms with van der Waals surface area (Å²) in [4.78, 5) is 13.8. The summed E-state index contributed by atoms with van der Waals surface area (Å²) in [7, 11) is 1.63. The zero-order valence-corrected chi connectivity index (χ0v) is 12.8. The number of rotatable bonds is 3. The number of para-hydroxylation sites is 1. The van der Waals surface area contributed by atoms with Crippen molar-refractivity contribution in [3.8, 4) is 0 Å². The Bertz CT molecular complexity index is 655. The van der Waals surface area contributed by atoms with Gasteiger partial charge in [0.05, 0.1) is 10.6 Å². The van der Waals surface area contributed by atoms with Gasteiger partial charge in [-0.2, -0.15) is 0 Å². The maximum atomic E-state index is 12.4. The van der Waals surface area contributed by atoms with Crippen molar-refractivity contribution in [2.24, 2.45) is 0 Å². The molecule has 0 aliphatic carbocycles. The lowest BCUT2D eigenvalue weighted by Gasteiger charge is -2.25. The molecule has 1 amide bonds. The lowest BCUT2D eigenvalue weighted by atomic mass is 10.1. The molecule has 0 saturated carbocycles. The van der Waals surface area contributed by atoms with Crippen LogP contribution in [-0.4, -0.2) is 35.1 Å². The molecule has 5 heteroatoms. The van der Waals surface area contributed by atoms with Gasteiger partial charge in [-0.1, -0.05) is 23.7 Å². The SMILES string of the molecule is Cc1c(C(=O)N(C)CC(C)(C)O)oc2c(Cl)cccc12. The third-order valence-electron chi connectivity index (χ3n) is 3.08. The fraction of sp³-hybridized carbons (Fsp3) is 0.400. The summed E-state index contributed by atoms with van der Waals surface area (Å²) in [6.07, 6.45) is 0. The second-order valence-corrected chi connectivity index (χ2v) is 6.05. The number of carbonyl (C=O) groups is 1. The molecule has 0 unspecified atom stereocenters. The van der Waals surface area contributed by atoms with Crippen molar-refractivity contribution in [3.63, 3.8) is 0 Å². The minimum absolute atomic E-state index is 0.218. The number of furan rings is 1. The molecule has 0 radical (unpaired) electrons. The van der Waals surface area contributed by atoms with Crippen molar-refractivity contribution in [2.45, 2.75) is 26.4 Å². The minimum Gasteiger partial charge on any atom is -0.449 e. The van der Waals surface area contributed by atoms with Gasteiger partial charge in [-0.3, -0.25) is 4.79 Å². The zero-order valence-electron chi connectivity index (χ0n) is 12.0. The molecule has 1 N–H and O–H groups in total. The summed E-state index contributed by atoms with van der Waals surface area (Å²) >= 11 is 6.07. The second kappa shape index (κ2) is 5.11. The number of halogens is 1. The third kappa shape index (κ3) is 2.81. The Balaban J connectivity index is 2.40. The molecule has 0 aliphatic rings. The van der Waals surface area contributed by atoms with E-state index >= 15 is 0 Å². The average Bonchev–Trinajstić information content (AvgIpc) is 2.66. The molecular formula is C15H18ClNO3. The Labute approximate surface area is 122 Å². The van der Waals surface area contributed by atoms with Crippen molar-refractivity contribution in [1.29, 1.82) is 0 Å². The smallest absolute Gasteiger partial charge is 0.289 e. The molecule has 0 fully saturated rings. The van der Waals surface area contributed by atoms with E-state index in [9.17, 15) is 9.90 Å². The predicted molar refractivity (Wildman–Crippen MR) is 79.2 cm³/mol. The van der Waals surface area contributed by atoms with Crippen LogP contribution in [0.2, 0.25) is 5.02 Å². The lowest BCUT2D eigenvalue weighted by Crippen LogP contribution is -2.39. The van der Waals surface area contributed by atoms with Crippen LogP contribution in [0.3, 0.4) is 0 Å². The van der Waals surface area contributed by atoms with Crippen LogP contribution in [-0.2, 0) is 0 Å². The number of benzene rings is 1. The highest BCUT2D eigenvalue weighted by molar-refractivity contribution is 6.35. The summed E-state index contributed by atoms with van der Waals surface area (Å²) < 4.78 is 5.62. The Morgan fingerprint density at radius 3 is 2.65 bits per heavy atom. The number of amides is 1. The maximum absolute atomic E-state index is 12.4. The largest absolute Gasteiger partial charge is 0.449 e. The third-order valence-corrected chi connectivity index (χ3v) is 3.38. The number of hydrogen-bond acceptors (Lipinski definition) is 3. The van der Waals surface area contributed by atoms with Gasteiger partial charge in [0.2, 0.25) is 0 Å². The molecule has 0 bridgehead atoms. The van der Waals surface area contributed by atoms with Crippen molar-refractivity contribution >= 4 is 28.5 Å². The molecule has 1 aromatic heterocycles. The van der Waals surface area contributed by atoms with Gasteiger partial charge in [0.25, 0.3) is 5.91 Å². The highest BCUT2D eigenvalue weighted by Crippen LogP contribution is 2.31. The first kappa shape index (κ1) is 14.9. The van der Waals surface area contributed by atoms with Crippen LogP contribution in [0.15, 0.2) is 22.6 Å². The first-order valence-corrected chi connectivity index (χ1v) is 6.74. The number of aryl methyl sites for hydroxylation is 1. The van der Waals surface area contributed by atoms with E-state index in [1.54, 1.807) is 27.0 Å². The molecule has 2 aromatic rings. The Hall–Kier alpha value is -1.52. The Morgan fingerprint density at radius 2 is 2.10 bits per heavy atom. The molecule has 1 aromatic carbocycles. The Kier molecular flexibility index (Phi) is 3.80. The first-order chi connectivity index (χ1) is 9.20. The van der Waals surface area contributed by atoms with E-state index in [4.69, 9.17) is 16.0 Å². The van der Waals surface area contributed by atoms with E-state index in [0.717, 1.165) is 10.9 Å². The molecular weight excluding hydrogens is 278 g/mol. The van der Waals surface area contributed by atoms with Crippen LogP contribution in [0, 0.1) is 6.92 Å². The van der Waals surface area contributed by atoms with E-state index < -0.39 is 5.60 Å². The van der Waals surface area contributed by atoms with E-state index in [0.29, 0.717) is 10.6 Å². The summed E-state index contributed by atoms with van der Waals surface area (Å²) in [5.41, 5.74) is 0.323. The average molecular weight is 296 g/mol. The van der Waals surface area contributed by atoms with Gasteiger partial charge in [-0.05, 0) is 26.8 Å². The number of likely N-dealkylation sites (N-methyl/N-ethyl adjacent to an activating group) is 1. The molecule has 0 aliphatic heterocycles. The summed E-state index contributed by atoms with van der Waals surface area (Å²) in [5, 5.41) is 11.1. The quantitative estimate of drug-likeness (QED) is 0.946. The van der Waals surface area contributed by atoms with E-state index in [1.165, 1.54) is 4.90 Å². The van der Waals surface area contributed by atoms with Gasteiger partial charge < -0.3 is 14.4 Å². The molecule has 1 heterocycles. The highest BCUT2D eigenvalue weighted by Gasteiger charge is 2.25. The number of fused-ring (bicyclic) bond motifs is 1. The fourth-order valence-corrected chi connectivity index (χ4v) is 2.45. The highest BCUT2D eigenvalue weighted by atomic mass is 35.5. The standard InChI is InChI=1S/C15H18ClNO3/c1-9-10-6-5-7-11(16)13(10)20-12(9)14(18)17(4)8-15(2,3)19/h5-7,19H,8H2,1-4H3. The van der Waals surface area contributed by atoms with Crippen molar-refractivity contribution in [3.05, 3.63) is 34.5 Å². The topological polar surface area (TPSA) is 53.7 Å². The monoisotopic (exact) mass is 295 g/mol. The predicted octanol–water partition coefficient (Wildman–Crippen LogP) is 3.24. The lowest BCUT2D eigenvalue weighted by molar-refractivity contribution is 0.0352. The van der Waals surface area contributed by atoms with Gasteiger partial charge in [0, 0.05) is 24.5 Å². The summed E-state index contributed by atoms with van der Waals surface area (Å²) in [6.45, 7) is 5.35. The van der Waals surface area contributed by atoms with E-state index in [1.807, 2.05) is 19.1 Å². The molecule has 4 nitrogen and oxygen atoms in total. The molecule has 108 valence electrons. The Morgan fingerprint density at radius 1 is 1.45 bits per heavy atom. The number of carbonyl (C=O) groups excluding carboxylic acids is 1. The molecule has 0 atom stereocenters. The van der Waals surface area contributed by atoms with Crippen LogP contribution >= 0.6 is 11.6 Å². The molecule has 20 heavy (non-hydrogen) atoms. The van der Waals surface area contributed by atoms with Crippen molar-refractivity contribution in [1.82, 2.24) is 4.90 Å². The first-order valence-electron chi connectivity index (χ1n) is 6.36. The van der Waals surface area contributed by atoms with E-state index in [-0.39, 0.29) is 18.2 Å². The molecule has 0 saturated heterocycles. The van der Waals surface area contributed by atoms with Crippen LogP contribution in [0.1, 0.15) is 30.0 Å². The normalized spacial score (nSPS) is 11.9. The summed E-state index contributed by atoms with van der Waals surface area (Å²) in [6, 6.07) is 5.41. The minimum atomic E-state index is -0.956. The van der Waals surface area contributed by atoms with Gasteiger partial charge >= 0.3 is 0 Å². The van der Waals surface area contributed by atoms with Crippen LogP contribution < -0.4 is 0 Å². The van der Waals surface area contributed by atoms with Gasteiger partial charge in [-0.15, -0.1) is 0 Å². The van der Waals surface area contributed by atoms with Gasteiger partial charge in [0.1, 0.15) is 0 Å². The molecule has 0 spiro atoms. The summed E-state index contributed by atoms with van der Waals surface area (Å²) in [5.74, 6) is -0.00302. The number of aliphatic hydroxyl groups is 1. The molecule has 2 rings (SSSR count). The van der Waals surface area contributed by atoms with Gasteiger partial charge in [0.15, 0.2) is 11.3 Å². The zero-order chi connectivity index (χ0) is 15.1. The van der Waals surface area contributed by atoms with Crippen LogP contribution in [0.5, 0.6) is 0 Å². The number of hydrogen-bond donors (Lipinski definition) is 1. The van der Waals surface area contributed by atoms with Crippen LogP contribution in [0.25, 0.3) is 11.0 Å². The van der Waals surface area contributed by atoms with Crippen LogP contribution in [0.4, 0.5) is 0 Å². The number of nitrogens with zero attached hydrogens (tertiary/aromatic N) is 1. The van der Waals surface area contributed by atoms with E-state index in [2.05, 4.69) is 0 Å². The van der Waals surface area contributed by atoms with Crippen molar-refractivity contribution < 1.29 is 14.3 Å². The fourth-order valence-electron chi connectivity index (χ4n) is 2.24. The second-order valence-electron chi connectivity index (χ2n) is 5.65. The van der Waals surface area contributed by atoms with Crippen molar-refractivity contribution in [2.75, 3.05) is 13.6 Å². The van der Waals surface area contributed by atoms with Gasteiger partial charge in [-0.25, -0.2) is 0 Å².